The van der Waals surface area contributed by atoms with Crippen LogP contribution in [0.5, 0.6) is 0 Å². The van der Waals surface area contributed by atoms with Crippen molar-refractivity contribution in [1.82, 2.24) is 4.31 Å². The van der Waals surface area contributed by atoms with Gasteiger partial charge in [-0.15, -0.1) is 11.3 Å². The number of aryl methyl sites for hydroxylation is 1. The SMILES string of the molecule is COC(=O)c1scc(C)c1S(=O)(=O)N1CCSCC1C. The van der Waals surface area contributed by atoms with Crippen molar-refractivity contribution in [2.24, 2.45) is 0 Å². The van der Waals surface area contributed by atoms with Gasteiger partial charge in [0.15, 0.2) is 0 Å². The van der Waals surface area contributed by atoms with E-state index in [1.54, 1.807) is 24.1 Å². The average molecular weight is 335 g/mol. The molecule has 5 nitrogen and oxygen atoms in total. The number of nitrogens with zero attached hydrogens (tertiary/aromatic N) is 1. The number of hydrogen-bond donors (Lipinski definition) is 0. The standard InChI is InChI=1S/C12H17NO4S3/c1-8-6-19-10(12(14)17-3)11(8)20(15,16)13-4-5-18-7-9(13)2/h6,9H,4-5,7H2,1-3H3. The molecule has 1 fully saturated rings. The quantitative estimate of drug-likeness (QED) is 0.790. The van der Waals surface area contributed by atoms with Crippen molar-refractivity contribution in [2.45, 2.75) is 24.8 Å². The number of thioether (sulfide) groups is 1. The number of ether oxygens (including phenoxy) is 1. The van der Waals surface area contributed by atoms with E-state index in [1.165, 1.54) is 11.4 Å². The second-order valence-corrected chi connectivity index (χ2v) is 8.47. The number of rotatable bonds is 3. The number of carbonyl (C=O) groups is 1. The van der Waals surface area contributed by atoms with Crippen LogP contribution in [0.1, 0.15) is 22.2 Å². The van der Waals surface area contributed by atoms with E-state index in [0.29, 0.717) is 12.1 Å². The van der Waals surface area contributed by atoms with Crippen molar-refractivity contribution in [1.29, 1.82) is 0 Å². The van der Waals surface area contributed by atoms with Gasteiger partial charge in [-0.25, -0.2) is 13.2 Å². The highest BCUT2D eigenvalue weighted by Gasteiger charge is 2.36. The lowest BCUT2D eigenvalue weighted by Gasteiger charge is -2.32. The average Bonchev–Trinajstić information content (AvgIpc) is 2.80. The minimum absolute atomic E-state index is 0.0662. The fourth-order valence-corrected chi connectivity index (χ4v) is 6.69. The third-order valence-electron chi connectivity index (χ3n) is 3.16. The third-order valence-corrected chi connectivity index (χ3v) is 7.76. The molecule has 1 aromatic rings. The van der Waals surface area contributed by atoms with Gasteiger partial charge in [-0.1, -0.05) is 0 Å². The minimum atomic E-state index is -3.65. The van der Waals surface area contributed by atoms with Crippen LogP contribution in [-0.4, -0.2) is 49.9 Å². The van der Waals surface area contributed by atoms with E-state index in [2.05, 4.69) is 4.74 Å². The van der Waals surface area contributed by atoms with Crippen molar-refractivity contribution < 1.29 is 17.9 Å². The summed E-state index contributed by atoms with van der Waals surface area (Å²) in [5, 5.41) is 1.68. The van der Waals surface area contributed by atoms with Gasteiger partial charge in [0.1, 0.15) is 9.77 Å². The van der Waals surface area contributed by atoms with E-state index < -0.39 is 16.0 Å². The summed E-state index contributed by atoms with van der Waals surface area (Å²) in [5.41, 5.74) is 0.598. The molecule has 0 saturated carbocycles. The maximum atomic E-state index is 12.8. The zero-order valence-corrected chi connectivity index (χ0v) is 14.0. The lowest BCUT2D eigenvalue weighted by molar-refractivity contribution is 0.0602. The molecule has 0 aromatic carbocycles. The normalized spacial score (nSPS) is 20.9. The van der Waals surface area contributed by atoms with Gasteiger partial charge in [0, 0.05) is 24.1 Å². The summed E-state index contributed by atoms with van der Waals surface area (Å²) < 4.78 is 31.8. The summed E-state index contributed by atoms with van der Waals surface area (Å²) in [7, 11) is -2.40. The first-order valence-corrected chi connectivity index (χ1v) is 9.63. The maximum absolute atomic E-state index is 12.8. The Morgan fingerprint density at radius 2 is 2.20 bits per heavy atom. The highest BCUT2D eigenvalue weighted by Crippen LogP contribution is 2.32. The summed E-state index contributed by atoms with van der Waals surface area (Å²) in [6.07, 6.45) is 0. The fourth-order valence-electron chi connectivity index (χ4n) is 2.17. The molecule has 0 N–H and O–H groups in total. The molecular weight excluding hydrogens is 318 g/mol. The summed E-state index contributed by atoms with van der Waals surface area (Å²) in [5.74, 6) is 0.955. The van der Waals surface area contributed by atoms with Crippen LogP contribution in [0.4, 0.5) is 0 Å². The van der Waals surface area contributed by atoms with Crippen molar-refractivity contribution in [3.8, 4) is 0 Å². The Balaban J connectivity index is 2.49. The van der Waals surface area contributed by atoms with Crippen LogP contribution in [0.25, 0.3) is 0 Å². The van der Waals surface area contributed by atoms with Gasteiger partial charge in [0.2, 0.25) is 10.0 Å². The van der Waals surface area contributed by atoms with E-state index in [4.69, 9.17) is 0 Å². The highest BCUT2D eigenvalue weighted by molar-refractivity contribution is 7.99. The molecule has 1 aromatic heterocycles. The Kier molecular flexibility index (Phi) is 4.78. The summed E-state index contributed by atoms with van der Waals surface area (Å²) >= 11 is 2.86. The van der Waals surface area contributed by atoms with Crippen molar-refractivity contribution >= 4 is 39.1 Å². The molecule has 1 aliphatic rings. The zero-order chi connectivity index (χ0) is 14.9. The topological polar surface area (TPSA) is 63.7 Å². The predicted octanol–water partition coefficient (Wildman–Crippen LogP) is 1.97. The van der Waals surface area contributed by atoms with Crippen molar-refractivity contribution in [3.05, 3.63) is 15.8 Å². The molecule has 0 radical (unpaired) electrons. The molecule has 1 unspecified atom stereocenters. The van der Waals surface area contributed by atoms with Gasteiger partial charge in [0.05, 0.1) is 7.11 Å². The van der Waals surface area contributed by atoms with Gasteiger partial charge >= 0.3 is 5.97 Å². The predicted molar refractivity (Wildman–Crippen MR) is 81.1 cm³/mol. The maximum Gasteiger partial charge on any atom is 0.349 e. The number of hydrogen-bond acceptors (Lipinski definition) is 6. The van der Waals surface area contributed by atoms with Gasteiger partial charge in [-0.05, 0) is 24.8 Å². The molecule has 1 atom stereocenters. The smallest absolute Gasteiger partial charge is 0.349 e. The summed E-state index contributed by atoms with van der Waals surface area (Å²) in [4.78, 5) is 12.0. The van der Waals surface area contributed by atoms with E-state index in [-0.39, 0.29) is 15.8 Å². The molecule has 112 valence electrons. The number of sulfonamides is 1. The van der Waals surface area contributed by atoms with E-state index >= 15 is 0 Å². The first-order valence-electron chi connectivity index (χ1n) is 6.15. The van der Waals surface area contributed by atoms with Crippen LogP contribution in [0, 0.1) is 6.92 Å². The number of carbonyl (C=O) groups excluding carboxylic acids is 1. The fraction of sp³-hybridized carbons (Fsp3) is 0.583. The molecular formula is C12H17NO4S3. The first kappa shape index (κ1) is 15.8. The molecule has 0 aliphatic carbocycles. The number of esters is 1. The van der Waals surface area contributed by atoms with Crippen molar-refractivity contribution in [2.75, 3.05) is 25.2 Å². The molecule has 0 bridgehead atoms. The Hall–Kier alpha value is -0.570. The molecule has 8 heteroatoms. The van der Waals surface area contributed by atoms with Crippen molar-refractivity contribution in [3.63, 3.8) is 0 Å². The molecule has 20 heavy (non-hydrogen) atoms. The number of thiophene rings is 1. The van der Waals surface area contributed by atoms with Crippen LogP contribution in [0.3, 0.4) is 0 Å². The van der Waals surface area contributed by atoms with Gasteiger partial charge in [-0.3, -0.25) is 0 Å². The Morgan fingerprint density at radius 3 is 2.80 bits per heavy atom. The highest BCUT2D eigenvalue weighted by atomic mass is 32.2. The van der Waals surface area contributed by atoms with E-state index in [1.807, 2.05) is 6.92 Å². The van der Waals surface area contributed by atoms with Crippen LogP contribution in [-0.2, 0) is 14.8 Å². The monoisotopic (exact) mass is 335 g/mol. The van der Waals surface area contributed by atoms with Crippen LogP contribution in [0.15, 0.2) is 10.3 Å². The van der Waals surface area contributed by atoms with Crippen LogP contribution >= 0.6 is 23.1 Å². The molecule has 2 heterocycles. The van der Waals surface area contributed by atoms with Gasteiger partial charge in [-0.2, -0.15) is 16.1 Å². The van der Waals surface area contributed by atoms with Crippen LogP contribution < -0.4 is 0 Å². The molecule has 0 amide bonds. The first-order chi connectivity index (χ1) is 9.39. The van der Waals surface area contributed by atoms with E-state index in [0.717, 1.165) is 22.8 Å². The van der Waals surface area contributed by atoms with Crippen LogP contribution in [0.2, 0.25) is 0 Å². The molecule has 1 aliphatic heterocycles. The second kappa shape index (κ2) is 6.05. The lowest BCUT2D eigenvalue weighted by atomic mass is 10.3. The van der Waals surface area contributed by atoms with Gasteiger partial charge < -0.3 is 4.74 Å². The Morgan fingerprint density at radius 1 is 1.50 bits per heavy atom. The Bertz CT molecular complexity index is 608. The third kappa shape index (κ3) is 2.74. The summed E-state index contributed by atoms with van der Waals surface area (Å²) in [6, 6.07) is -0.0662. The van der Waals surface area contributed by atoms with E-state index in [9.17, 15) is 13.2 Å². The lowest BCUT2D eigenvalue weighted by Crippen LogP contribution is -2.44. The zero-order valence-electron chi connectivity index (χ0n) is 11.6. The minimum Gasteiger partial charge on any atom is -0.465 e. The second-order valence-electron chi connectivity index (χ2n) is 4.61. The summed E-state index contributed by atoms with van der Waals surface area (Å²) in [6.45, 7) is 4.08. The molecule has 1 saturated heterocycles. The number of methoxy groups -OCH3 is 1. The molecule has 2 rings (SSSR count). The largest absolute Gasteiger partial charge is 0.465 e. The van der Waals surface area contributed by atoms with Gasteiger partial charge in [0.25, 0.3) is 0 Å². The Labute approximate surface area is 127 Å². The molecule has 0 spiro atoms.